The number of likely N-dealkylation sites (N-methyl/N-ethyl adjacent to an activating group) is 1. The number of ether oxygens (including phenoxy) is 1. The number of urea groups is 1. The number of carbonyl (C=O) groups is 1. The van der Waals surface area contributed by atoms with Crippen LogP contribution in [0.25, 0.3) is 0 Å². The summed E-state index contributed by atoms with van der Waals surface area (Å²) in [6.45, 7) is 2.75. The molecule has 0 aliphatic carbocycles. The summed E-state index contributed by atoms with van der Waals surface area (Å²) in [5.41, 5.74) is 0.524. The second-order valence-electron chi connectivity index (χ2n) is 4.06. The molecule has 0 atom stereocenters. The summed E-state index contributed by atoms with van der Waals surface area (Å²) in [6, 6.07) is 4.74. The third-order valence-corrected chi connectivity index (χ3v) is 2.66. The molecular formula is C13H19ClN2O3. The first-order valence-electron chi connectivity index (χ1n) is 6.13. The highest BCUT2D eigenvalue weighted by Gasteiger charge is 2.12. The van der Waals surface area contributed by atoms with Gasteiger partial charge in [0, 0.05) is 18.6 Å². The van der Waals surface area contributed by atoms with Crippen molar-refractivity contribution in [2.24, 2.45) is 0 Å². The van der Waals surface area contributed by atoms with Crippen molar-refractivity contribution in [2.75, 3.05) is 32.1 Å². The molecule has 1 aromatic rings. The Morgan fingerprint density at radius 3 is 2.89 bits per heavy atom. The van der Waals surface area contributed by atoms with Crippen LogP contribution in [-0.2, 0) is 0 Å². The van der Waals surface area contributed by atoms with Gasteiger partial charge in [-0.3, -0.25) is 0 Å². The van der Waals surface area contributed by atoms with Crippen molar-refractivity contribution in [3.05, 3.63) is 23.2 Å². The number of rotatable bonds is 6. The largest absolute Gasteiger partial charge is 0.491 e. The number of aliphatic hydroxyl groups is 1. The number of nitrogens with zero attached hydrogens (tertiary/aromatic N) is 1. The van der Waals surface area contributed by atoms with Gasteiger partial charge in [0.05, 0.1) is 18.9 Å². The van der Waals surface area contributed by atoms with Crippen molar-refractivity contribution in [2.45, 2.75) is 13.3 Å². The van der Waals surface area contributed by atoms with Gasteiger partial charge < -0.3 is 20.1 Å². The molecule has 19 heavy (non-hydrogen) atoms. The summed E-state index contributed by atoms with van der Waals surface area (Å²) < 4.78 is 5.54. The minimum absolute atomic E-state index is 0.0847. The molecule has 0 bridgehead atoms. The van der Waals surface area contributed by atoms with Crippen LogP contribution in [0.1, 0.15) is 13.3 Å². The average Bonchev–Trinajstić information content (AvgIpc) is 2.38. The number of hydrogen-bond acceptors (Lipinski definition) is 3. The van der Waals surface area contributed by atoms with E-state index in [-0.39, 0.29) is 19.2 Å². The minimum Gasteiger partial charge on any atom is -0.491 e. The van der Waals surface area contributed by atoms with Gasteiger partial charge in [0.1, 0.15) is 5.75 Å². The summed E-state index contributed by atoms with van der Waals surface area (Å²) in [6.07, 6.45) is 0.875. The molecule has 0 saturated heterocycles. The van der Waals surface area contributed by atoms with E-state index in [4.69, 9.17) is 21.4 Å². The van der Waals surface area contributed by atoms with Gasteiger partial charge in [-0.05, 0) is 24.6 Å². The van der Waals surface area contributed by atoms with Gasteiger partial charge in [-0.1, -0.05) is 18.5 Å². The Hall–Kier alpha value is -1.46. The number of benzene rings is 1. The maximum atomic E-state index is 11.8. The predicted octanol–water partition coefficient (Wildman–Crippen LogP) is 2.58. The zero-order valence-electron chi connectivity index (χ0n) is 11.1. The van der Waals surface area contributed by atoms with Gasteiger partial charge >= 0.3 is 6.03 Å². The van der Waals surface area contributed by atoms with Crippen molar-refractivity contribution >= 4 is 23.3 Å². The maximum absolute atomic E-state index is 11.8. The molecule has 2 amide bonds. The molecular weight excluding hydrogens is 268 g/mol. The first-order valence-corrected chi connectivity index (χ1v) is 6.51. The van der Waals surface area contributed by atoms with E-state index in [2.05, 4.69) is 5.32 Å². The first-order chi connectivity index (χ1) is 9.08. The number of aliphatic hydroxyl groups excluding tert-OH is 1. The Morgan fingerprint density at radius 2 is 2.26 bits per heavy atom. The van der Waals surface area contributed by atoms with Crippen LogP contribution in [-0.4, -0.2) is 42.8 Å². The molecule has 6 heteroatoms. The fourth-order valence-corrected chi connectivity index (χ4v) is 1.57. The van der Waals surface area contributed by atoms with Crippen molar-refractivity contribution in [3.8, 4) is 5.75 Å². The smallest absolute Gasteiger partial charge is 0.321 e. The van der Waals surface area contributed by atoms with Gasteiger partial charge in [-0.25, -0.2) is 4.79 Å². The molecule has 0 heterocycles. The highest BCUT2D eigenvalue weighted by molar-refractivity contribution is 6.31. The number of halogens is 1. The number of carbonyl (C=O) groups excluding carboxylic acids is 1. The van der Waals surface area contributed by atoms with Crippen LogP contribution in [0.15, 0.2) is 18.2 Å². The van der Waals surface area contributed by atoms with Crippen LogP contribution in [0.4, 0.5) is 10.5 Å². The number of nitrogens with one attached hydrogen (secondary N) is 1. The topological polar surface area (TPSA) is 61.8 Å². The second-order valence-corrected chi connectivity index (χ2v) is 4.50. The summed E-state index contributed by atoms with van der Waals surface area (Å²) in [5.74, 6) is 0.581. The lowest BCUT2D eigenvalue weighted by molar-refractivity contribution is 0.202. The van der Waals surface area contributed by atoms with Crippen molar-refractivity contribution in [1.82, 2.24) is 4.90 Å². The highest BCUT2D eigenvalue weighted by atomic mass is 35.5. The van der Waals surface area contributed by atoms with Crippen LogP contribution in [0.2, 0.25) is 5.02 Å². The normalized spacial score (nSPS) is 10.1. The fourth-order valence-electron chi connectivity index (χ4n) is 1.40. The molecule has 2 N–H and O–H groups in total. The molecule has 5 nitrogen and oxygen atoms in total. The molecule has 0 aliphatic heterocycles. The Morgan fingerprint density at radius 1 is 1.53 bits per heavy atom. The van der Waals surface area contributed by atoms with E-state index in [0.717, 1.165) is 6.42 Å². The molecule has 0 saturated carbocycles. The molecule has 1 aromatic carbocycles. The van der Waals surface area contributed by atoms with Gasteiger partial charge in [-0.2, -0.15) is 0 Å². The standard InChI is InChI=1S/C13H19ClN2O3/c1-3-8-19-12-5-4-10(14)9-11(12)15-13(18)16(2)6-7-17/h4-5,9,17H,3,6-8H2,1-2H3,(H,15,18). The lowest BCUT2D eigenvalue weighted by Crippen LogP contribution is -2.33. The lowest BCUT2D eigenvalue weighted by Gasteiger charge is -2.18. The van der Waals surface area contributed by atoms with Gasteiger partial charge in [-0.15, -0.1) is 0 Å². The first kappa shape index (κ1) is 15.6. The lowest BCUT2D eigenvalue weighted by atomic mass is 10.3. The van der Waals surface area contributed by atoms with Crippen LogP contribution in [0.3, 0.4) is 0 Å². The monoisotopic (exact) mass is 286 g/mol. The Labute approximate surface area is 118 Å². The molecule has 0 aromatic heterocycles. The highest BCUT2D eigenvalue weighted by Crippen LogP contribution is 2.28. The quantitative estimate of drug-likeness (QED) is 0.845. The van der Waals surface area contributed by atoms with Crippen molar-refractivity contribution in [3.63, 3.8) is 0 Å². The zero-order valence-corrected chi connectivity index (χ0v) is 11.9. The van der Waals surface area contributed by atoms with E-state index in [0.29, 0.717) is 23.1 Å². The number of hydrogen-bond donors (Lipinski definition) is 2. The van der Waals surface area contributed by atoms with Gasteiger partial charge in [0.25, 0.3) is 0 Å². The van der Waals surface area contributed by atoms with Crippen LogP contribution < -0.4 is 10.1 Å². The second kappa shape index (κ2) is 7.86. The molecule has 0 spiro atoms. The van der Waals surface area contributed by atoms with E-state index < -0.39 is 0 Å². The molecule has 0 fully saturated rings. The van der Waals surface area contributed by atoms with E-state index >= 15 is 0 Å². The molecule has 1 rings (SSSR count). The third kappa shape index (κ3) is 4.96. The average molecular weight is 287 g/mol. The Bertz CT molecular complexity index is 426. The van der Waals surface area contributed by atoms with Gasteiger partial charge in [0.15, 0.2) is 0 Å². The molecule has 106 valence electrons. The summed E-state index contributed by atoms with van der Waals surface area (Å²) >= 11 is 5.91. The molecule has 0 unspecified atom stereocenters. The SMILES string of the molecule is CCCOc1ccc(Cl)cc1NC(=O)N(C)CCO. The zero-order chi connectivity index (χ0) is 14.3. The summed E-state index contributed by atoms with van der Waals surface area (Å²) in [7, 11) is 1.60. The number of amides is 2. The van der Waals surface area contributed by atoms with Gasteiger partial charge in [0.2, 0.25) is 0 Å². The number of anilines is 1. The molecule has 0 aliphatic rings. The fraction of sp³-hybridized carbons (Fsp3) is 0.462. The summed E-state index contributed by atoms with van der Waals surface area (Å²) in [4.78, 5) is 13.2. The Kier molecular flexibility index (Phi) is 6.45. The third-order valence-electron chi connectivity index (χ3n) is 2.43. The van der Waals surface area contributed by atoms with E-state index in [9.17, 15) is 4.79 Å². The van der Waals surface area contributed by atoms with Crippen LogP contribution in [0, 0.1) is 0 Å². The maximum Gasteiger partial charge on any atom is 0.321 e. The van der Waals surface area contributed by atoms with E-state index in [1.807, 2.05) is 6.92 Å². The van der Waals surface area contributed by atoms with Crippen molar-refractivity contribution in [1.29, 1.82) is 0 Å². The van der Waals surface area contributed by atoms with Crippen LogP contribution in [0.5, 0.6) is 5.75 Å². The van der Waals surface area contributed by atoms with E-state index in [1.165, 1.54) is 4.90 Å². The molecule has 0 radical (unpaired) electrons. The predicted molar refractivity (Wildman–Crippen MR) is 76.0 cm³/mol. The van der Waals surface area contributed by atoms with Crippen molar-refractivity contribution < 1.29 is 14.6 Å². The Balaban J connectivity index is 2.79. The van der Waals surface area contributed by atoms with E-state index in [1.54, 1.807) is 25.2 Å². The van der Waals surface area contributed by atoms with Crippen LogP contribution >= 0.6 is 11.6 Å². The minimum atomic E-state index is -0.322. The summed E-state index contributed by atoms with van der Waals surface area (Å²) in [5, 5.41) is 12.0.